The standard InChI is InChI=1S/C14H14BrF3N2S/c15-11-6-13(21-8-11)7-12(20-19)5-9-1-3-10(4-2-9)14(16,17)18/h1-4,6,8,12,20H,5,7,19H2. The van der Waals surface area contributed by atoms with Gasteiger partial charge in [-0.15, -0.1) is 11.3 Å². The Kier molecular flexibility index (Phi) is 5.43. The highest BCUT2D eigenvalue weighted by Crippen LogP contribution is 2.29. The number of nitrogens with two attached hydrogens (primary N) is 1. The van der Waals surface area contributed by atoms with Gasteiger partial charge in [-0.05, 0) is 52.5 Å². The summed E-state index contributed by atoms with van der Waals surface area (Å²) in [4.78, 5) is 1.16. The Morgan fingerprint density at radius 3 is 2.33 bits per heavy atom. The fourth-order valence-corrected chi connectivity index (χ4v) is 3.54. The lowest BCUT2D eigenvalue weighted by atomic mass is 10.0. The molecular weight excluding hydrogens is 365 g/mol. The van der Waals surface area contributed by atoms with Crippen LogP contribution >= 0.6 is 27.3 Å². The van der Waals surface area contributed by atoms with Gasteiger partial charge in [0, 0.05) is 20.8 Å². The molecule has 0 bridgehead atoms. The third kappa shape index (κ3) is 4.81. The van der Waals surface area contributed by atoms with Crippen LogP contribution in [-0.2, 0) is 19.0 Å². The van der Waals surface area contributed by atoms with Crippen LogP contribution in [0.4, 0.5) is 13.2 Å². The van der Waals surface area contributed by atoms with E-state index in [2.05, 4.69) is 21.4 Å². The van der Waals surface area contributed by atoms with Crippen molar-refractivity contribution in [1.29, 1.82) is 0 Å². The van der Waals surface area contributed by atoms with Gasteiger partial charge in [0.25, 0.3) is 0 Å². The normalized spacial score (nSPS) is 13.4. The fraction of sp³-hybridized carbons (Fsp3) is 0.286. The number of hydrazine groups is 1. The molecular formula is C14H14BrF3N2S. The van der Waals surface area contributed by atoms with E-state index in [1.165, 1.54) is 12.1 Å². The van der Waals surface area contributed by atoms with Gasteiger partial charge < -0.3 is 0 Å². The number of hydrogen-bond donors (Lipinski definition) is 2. The topological polar surface area (TPSA) is 38.0 Å². The second kappa shape index (κ2) is 6.91. The summed E-state index contributed by atoms with van der Waals surface area (Å²) in [5.74, 6) is 5.54. The molecule has 1 aromatic heterocycles. The summed E-state index contributed by atoms with van der Waals surface area (Å²) in [6.45, 7) is 0. The minimum atomic E-state index is -4.30. The monoisotopic (exact) mass is 378 g/mol. The van der Waals surface area contributed by atoms with E-state index in [1.807, 2.05) is 11.4 Å². The molecule has 1 aromatic carbocycles. The van der Waals surface area contributed by atoms with E-state index in [0.717, 1.165) is 33.5 Å². The zero-order chi connectivity index (χ0) is 15.5. The van der Waals surface area contributed by atoms with Gasteiger partial charge in [-0.3, -0.25) is 11.3 Å². The summed E-state index contributed by atoms with van der Waals surface area (Å²) in [6.07, 6.45) is -2.99. The Hall–Kier alpha value is -0.890. The molecule has 0 spiro atoms. The summed E-state index contributed by atoms with van der Waals surface area (Å²) in [5, 5.41) is 1.99. The van der Waals surface area contributed by atoms with Crippen LogP contribution in [0.1, 0.15) is 16.0 Å². The summed E-state index contributed by atoms with van der Waals surface area (Å²) in [7, 11) is 0. The Morgan fingerprint density at radius 1 is 1.19 bits per heavy atom. The predicted molar refractivity (Wildman–Crippen MR) is 82.0 cm³/mol. The SMILES string of the molecule is NNC(Cc1ccc(C(F)(F)F)cc1)Cc1cc(Br)cs1. The summed E-state index contributed by atoms with van der Waals surface area (Å²) in [5.41, 5.74) is 2.91. The van der Waals surface area contributed by atoms with Crippen LogP contribution in [0.2, 0.25) is 0 Å². The van der Waals surface area contributed by atoms with E-state index in [1.54, 1.807) is 11.3 Å². The van der Waals surface area contributed by atoms with Crippen LogP contribution in [0, 0.1) is 0 Å². The molecule has 0 saturated carbocycles. The fourth-order valence-electron chi connectivity index (χ4n) is 2.01. The minimum absolute atomic E-state index is 0.0210. The lowest BCUT2D eigenvalue weighted by Gasteiger charge is -2.15. The first kappa shape index (κ1) is 16.5. The Morgan fingerprint density at radius 2 is 1.86 bits per heavy atom. The maximum atomic E-state index is 12.5. The van der Waals surface area contributed by atoms with E-state index in [9.17, 15) is 13.2 Å². The summed E-state index contributed by atoms with van der Waals surface area (Å²) in [6, 6.07) is 7.19. The molecule has 1 atom stereocenters. The van der Waals surface area contributed by atoms with Crippen molar-refractivity contribution in [3.05, 3.63) is 56.2 Å². The van der Waals surface area contributed by atoms with Gasteiger partial charge in [0.05, 0.1) is 5.56 Å². The molecule has 0 fully saturated rings. The highest BCUT2D eigenvalue weighted by Gasteiger charge is 2.29. The van der Waals surface area contributed by atoms with Crippen molar-refractivity contribution in [2.75, 3.05) is 0 Å². The molecule has 2 aromatic rings. The van der Waals surface area contributed by atoms with Crippen molar-refractivity contribution in [3.8, 4) is 0 Å². The van der Waals surface area contributed by atoms with E-state index >= 15 is 0 Å². The number of alkyl halides is 3. The minimum Gasteiger partial charge on any atom is -0.271 e. The molecule has 114 valence electrons. The van der Waals surface area contributed by atoms with Gasteiger partial charge in [0.15, 0.2) is 0 Å². The average Bonchev–Trinajstić information content (AvgIpc) is 2.83. The molecule has 2 rings (SSSR count). The van der Waals surface area contributed by atoms with Crippen molar-refractivity contribution >= 4 is 27.3 Å². The van der Waals surface area contributed by atoms with E-state index in [-0.39, 0.29) is 6.04 Å². The molecule has 3 N–H and O–H groups in total. The van der Waals surface area contributed by atoms with E-state index in [0.29, 0.717) is 6.42 Å². The molecule has 2 nitrogen and oxygen atoms in total. The van der Waals surface area contributed by atoms with Gasteiger partial charge in [0.2, 0.25) is 0 Å². The average molecular weight is 379 g/mol. The number of nitrogens with one attached hydrogen (secondary N) is 1. The number of hydrogen-bond acceptors (Lipinski definition) is 3. The lowest BCUT2D eigenvalue weighted by Crippen LogP contribution is -2.38. The highest BCUT2D eigenvalue weighted by atomic mass is 79.9. The van der Waals surface area contributed by atoms with Crippen molar-refractivity contribution in [2.45, 2.75) is 25.1 Å². The van der Waals surface area contributed by atoms with Crippen molar-refractivity contribution < 1.29 is 13.2 Å². The molecule has 1 unspecified atom stereocenters. The summed E-state index contributed by atoms with van der Waals surface area (Å²) >= 11 is 5.01. The molecule has 7 heteroatoms. The Labute approximate surface area is 133 Å². The largest absolute Gasteiger partial charge is 0.416 e. The van der Waals surface area contributed by atoms with E-state index < -0.39 is 11.7 Å². The van der Waals surface area contributed by atoms with Crippen LogP contribution in [0.5, 0.6) is 0 Å². The van der Waals surface area contributed by atoms with Gasteiger partial charge in [-0.25, -0.2) is 0 Å². The number of benzene rings is 1. The predicted octanol–water partition coefficient (Wildman–Crippen LogP) is 4.15. The maximum Gasteiger partial charge on any atom is 0.416 e. The van der Waals surface area contributed by atoms with Crippen LogP contribution in [-0.4, -0.2) is 6.04 Å². The number of rotatable bonds is 5. The zero-order valence-electron chi connectivity index (χ0n) is 11.0. The molecule has 0 aliphatic carbocycles. The quantitative estimate of drug-likeness (QED) is 0.605. The Bertz CT molecular complexity index is 581. The second-order valence-corrected chi connectivity index (χ2v) is 6.61. The Balaban J connectivity index is 2.01. The van der Waals surface area contributed by atoms with Gasteiger partial charge in [-0.2, -0.15) is 13.2 Å². The van der Waals surface area contributed by atoms with Gasteiger partial charge >= 0.3 is 6.18 Å². The smallest absolute Gasteiger partial charge is 0.271 e. The van der Waals surface area contributed by atoms with Crippen LogP contribution in [0.15, 0.2) is 40.2 Å². The number of halogens is 4. The highest BCUT2D eigenvalue weighted by molar-refractivity contribution is 9.10. The first-order chi connectivity index (χ1) is 9.88. The molecule has 0 aliphatic heterocycles. The molecule has 21 heavy (non-hydrogen) atoms. The first-order valence-corrected chi connectivity index (χ1v) is 7.91. The van der Waals surface area contributed by atoms with Crippen molar-refractivity contribution in [3.63, 3.8) is 0 Å². The maximum absolute atomic E-state index is 12.5. The first-order valence-electron chi connectivity index (χ1n) is 6.23. The van der Waals surface area contributed by atoms with Crippen molar-refractivity contribution in [2.24, 2.45) is 5.84 Å². The number of thiophene rings is 1. The third-order valence-electron chi connectivity index (χ3n) is 3.07. The van der Waals surface area contributed by atoms with Crippen molar-refractivity contribution in [1.82, 2.24) is 5.43 Å². The van der Waals surface area contributed by atoms with Crippen LogP contribution in [0.25, 0.3) is 0 Å². The van der Waals surface area contributed by atoms with E-state index in [4.69, 9.17) is 5.84 Å². The molecule has 0 saturated heterocycles. The molecule has 0 radical (unpaired) electrons. The van der Waals surface area contributed by atoms with Crippen LogP contribution in [0.3, 0.4) is 0 Å². The zero-order valence-corrected chi connectivity index (χ0v) is 13.4. The third-order valence-corrected chi connectivity index (χ3v) is 4.79. The molecule has 0 aliphatic rings. The lowest BCUT2D eigenvalue weighted by molar-refractivity contribution is -0.137. The molecule has 0 amide bonds. The van der Waals surface area contributed by atoms with Gasteiger partial charge in [0.1, 0.15) is 0 Å². The summed E-state index contributed by atoms with van der Waals surface area (Å²) < 4.78 is 38.5. The second-order valence-electron chi connectivity index (χ2n) is 4.70. The molecule has 1 heterocycles. The van der Waals surface area contributed by atoms with Crippen LogP contribution < -0.4 is 11.3 Å². The van der Waals surface area contributed by atoms with Gasteiger partial charge in [-0.1, -0.05) is 12.1 Å².